The lowest BCUT2D eigenvalue weighted by Gasteiger charge is -2.39. The minimum Gasteiger partial charge on any atom is -0.338 e. The number of piperidine rings is 1. The molecule has 4 rings (SSSR count). The number of rotatable bonds is 4. The third-order valence-corrected chi connectivity index (χ3v) is 5.98. The van der Waals surface area contributed by atoms with E-state index in [2.05, 4.69) is 0 Å². The fourth-order valence-corrected chi connectivity index (χ4v) is 4.39. The summed E-state index contributed by atoms with van der Waals surface area (Å²) in [4.78, 5) is 41.8. The third kappa shape index (κ3) is 3.79. The average molecular weight is 394 g/mol. The molecule has 2 fully saturated rings. The highest BCUT2D eigenvalue weighted by molar-refractivity contribution is 6.42. The van der Waals surface area contributed by atoms with Gasteiger partial charge in [0.2, 0.25) is 11.7 Å². The first-order chi connectivity index (χ1) is 14.0. The first-order valence-electron chi connectivity index (χ1n) is 9.91. The highest BCUT2D eigenvalue weighted by Gasteiger charge is 2.50. The molecule has 0 bridgehead atoms. The number of halogens is 1. The Kier molecular flexibility index (Phi) is 5.18. The lowest BCUT2D eigenvalue weighted by molar-refractivity contribution is -0.146. The van der Waals surface area contributed by atoms with Crippen molar-refractivity contribution in [3.05, 3.63) is 71.5 Å². The summed E-state index contributed by atoms with van der Waals surface area (Å²) in [5.74, 6) is -1.36. The van der Waals surface area contributed by atoms with Gasteiger partial charge in [0.1, 0.15) is 5.82 Å². The first kappa shape index (κ1) is 19.3. The molecule has 2 aromatic rings. The van der Waals surface area contributed by atoms with Crippen molar-refractivity contribution in [3.8, 4) is 0 Å². The number of ketones is 1. The summed E-state index contributed by atoms with van der Waals surface area (Å²) < 4.78 is 13.1. The van der Waals surface area contributed by atoms with E-state index in [1.54, 1.807) is 47.4 Å². The van der Waals surface area contributed by atoms with E-state index in [0.717, 1.165) is 18.4 Å². The number of amides is 2. The number of nitrogens with zero attached hydrogens (tertiary/aromatic N) is 2. The highest BCUT2D eigenvalue weighted by atomic mass is 19.1. The van der Waals surface area contributed by atoms with Gasteiger partial charge in [0.15, 0.2) is 0 Å². The van der Waals surface area contributed by atoms with Gasteiger partial charge in [-0.2, -0.15) is 0 Å². The number of hydrogen-bond donors (Lipinski definition) is 0. The molecule has 150 valence electrons. The summed E-state index contributed by atoms with van der Waals surface area (Å²) in [5.41, 5.74) is 0.624. The minimum absolute atomic E-state index is 0.0236. The van der Waals surface area contributed by atoms with E-state index in [1.807, 2.05) is 0 Å². The van der Waals surface area contributed by atoms with Crippen molar-refractivity contribution < 1.29 is 18.8 Å². The zero-order chi connectivity index (χ0) is 20.4. The van der Waals surface area contributed by atoms with Crippen molar-refractivity contribution in [1.29, 1.82) is 0 Å². The van der Waals surface area contributed by atoms with Gasteiger partial charge in [-0.05, 0) is 37.0 Å². The molecule has 29 heavy (non-hydrogen) atoms. The minimum atomic E-state index is -0.620. The molecule has 2 amide bonds. The van der Waals surface area contributed by atoms with Gasteiger partial charge in [-0.1, -0.05) is 42.5 Å². The maximum Gasteiger partial charge on any atom is 0.294 e. The van der Waals surface area contributed by atoms with Gasteiger partial charge in [0.05, 0.1) is 5.41 Å². The molecular formula is C23H23FN2O3. The number of carbonyl (C=O) groups is 3. The Morgan fingerprint density at radius 1 is 0.966 bits per heavy atom. The lowest BCUT2D eigenvalue weighted by Crippen LogP contribution is -2.50. The zero-order valence-corrected chi connectivity index (χ0v) is 16.1. The van der Waals surface area contributed by atoms with E-state index >= 15 is 0 Å². The average Bonchev–Trinajstić information content (AvgIpc) is 3.17. The Labute approximate surface area is 169 Å². The molecule has 0 aliphatic carbocycles. The molecule has 1 spiro atoms. The second-order valence-electron chi connectivity index (χ2n) is 7.91. The molecule has 0 saturated carbocycles. The maximum atomic E-state index is 13.3. The SMILES string of the molecule is O=C(C(=O)N1CCC2(CCCN(Cc3ccc(F)cc3)C2=O)C1)c1ccccc1. The van der Waals surface area contributed by atoms with Crippen LogP contribution in [-0.4, -0.2) is 47.0 Å². The molecule has 2 heterocycles. The first-order valence-corrected chi connectivity index (χ1v) is 9.91. The molecule has 1 unspecified atom stereocenters. The van der Waals surface area contributed by atoms with Crippen molar-refractivity contribution in [1.82, 2.24) is 9.80 Å². The molecule has 2 saturated heterocycles. The van der Waals surface area contributed by atoms with Crippen molar-refractivity contribution in [3.63, 3.8) is 0 Å². The Balaban J connectivity index is 1.45. The molecule has 5 nitrogen and oxygen atoms in total. The van der Waals surface area contributed by atoms with Crippen LogP contribution in [0.3, 0.4) is 0 Å². The van der Waals surface area contributed by atoms with Crippen molar-refractivity contribution in [2.24, 2.45) is 5.41 Å². The van der Waals surface area contributed by atoms with Gasteiger partial charge < -0.3 is 9.80 Å². The van der Waals surface area contributed by atoms with Crippen LogP contribution < -0.4 is 0 Å². The predicted octanol–water partition coefficient (Wildman–Crippen LogP) is 3.05. The Morgan fingerprint density at radius 3 is 2.41 bits per heavy atom. The predicted molar refractivity (Wildman–Crippen MR) is 105 cm³/mol. The van der Waals surface area contributed by atoms with Crippen molar-refractivity contribution in [2.75, 3.05) is 19.6 Å². The van der Waals surface area contributed by atoms with Crippen LogP contribution in [0.2, 0.25) is 0 Å². The van der Waals surface area contributed by atoms with Crippen LogP contribution in [0, 0.1) is 11.2 Å². The molecular weight excluding hydrogens is 371 g/mol. The molecule has 2 aromatic carbocycles. The van der Waals surface area contributed by atoms with Crippen LogP contribution in [-0.2, 0) is 16.1 Å². The zero-order valence-electron chi connectivity index (χ0n) is 16.1. The summed E-state index contributed by atoms with van der Waals surface area (Å²) in [6.45, 7) is 1.77. The van der Waals surface area contributed by atoms with Crippen molar-refractivity contribution >= 4 is 17.6 Å². The summed E-state index contributed by atoms with van der Waals surface area (Å²) in [5, 5.41) is 0. The van der Waals surface area contributed by atoms with Crippen LogP contribution in [0.1, 0.15) is 35.2 Å². The topological polar surface area (TPSA) is 57.7 Å². The van der Waals surface area contributed by atoms with Crippen LogP contribution in [0.25, 0.3) is 0 Å². The molecule has 6 heteroatoms. The van der Waals surface area contributed by atoms with E-state index in [1.165, 1.54) is 17.0 Å². The van der Waals surface area contributed by atoms with Crippen LogP contribution >= 0.6 is 0 Å². The van der Waals surface area contributed by atoms with Gasteiger partial charge in [-0.3, -0.25) is 14.4 Å². The fraction of sp³-hybridized carbons (Fsp3) is 0.348. The molecule has 2 aliphatic rings. The monoisotopic (exact) mass is 394 g/mol. The number of Topliss-reactive ketones (excluding diaryl/α,β-unsaturated/α-hetero) is 1. The van der Waals surface area contributed by atoms with Crippen molar-refractivity contribution in [2.45, 2.75) is 25.8 Å². The summed E-state index contributed by atoms with van der Waals surface area (Å²) in [6.07, 6.45) is 2.14. The smallest absolute Gasteiger partial charge is 0.294 e. The summed E-state index contributed by atoms with van der Waals surface area (Å²) in [6, 6.07) is 14.7. The van der Waals surface area contributed by atoms with E-state index in [0.29, 0.717) is 31.6 Å². The number of hydrogen-bond acceptors (Lipinski definition) is 3. The van der Waals surface area contributed by atoms with E-state index in [-0.39, 0.29) is 18.3 Å². The molecule has 0 radical (unpaired) electrons. The fourth-order valence-electron chi connectivity index (χ4n) is 4.39. The number of likely N-dealkylation sites (tertiary alicyclic amines) is 2. The van der Waals surface area contributed by atoms with Crippen LogP contribution in [0.5, 0.6) is 0 Å². The Morgan fingerprint density at radius 2 is 1.69 bits per heavy atom. The van der Waals surface area contributed by atoms with Gasteiger partial charge in [0, 0.05) is 31.7 Å². The largest absolute Gasteiger partial charge is 0.338 e. The number of benzene rings is 2. The van der Waals surface area contributed by atoms with Gasteiger partial charge in [-0.15, -0.1) is 0 Å². The normalized spacial score (nSPS) is 21.6. The van der Waals surface area contributed by atoms with Crippen LogP contribution in [0.15, 0.2) is 54.6 Å². The Hall–Kier alpha value is -3.02. The van der Waals surface area contributed by atoms with Gasteiger partial charge >= 0.3 is 0 Å². The second-order valence-corrected chi connectivity index (χ2v) is 7.91. The van der Waals surface area contributed by atoms with Gasteiger partial charge in [-0.25, -0.2) is 4.39 Å². The molecule has 0 N–H and O–H groups in total. The van der Waals surface area contributed by atoms with E-state index in [4.69, 9.17) is 0 Å². The quantitative estimate of drug-likeness (QED) is 0.592. The summed E-state index contributed by atoms with van der Waals surface area (Å²) >= 11 is 0. The lowest BCUT2D eigenvalue weighted by atomic mass is 9.78. The maximum absolute atomic E-state index is 13.3. The molecule has 1 atom stereocenters. The molecule has 0 aromatic heterocycles. The van der Waals surface area contributed by atoms with Crippen LogP contribution in [0.4, 0.5) is 4.39 Å². The standard InChI is InChI=1S/C23H23FN2O3/c24-19-9-7-17(8-10-19)15-25-13-4-11-23(22(25)29)12-14-26(16-23)21(28)20(27)18-5-2-1-3-6-18/h1-3,5-10H,4,11-16H2. The highest BCUT2D eigenvalue weighted by Crippen LogP contribution is 2.40. The number of carbonyl (C=O) groups excluding carboxylic acids is 3. The van der Waals surface area contributed by atoms with Gasteiger partial charge in [0.25, 0.3) is 5.91 Å². The van der Waals surface area contributed by atoms with E-state index < -0.39 is 17.1 Å². The molecule has 2 aliphatic heterocycles. The third-order valence-electron chi connectivity index (χ3n) is 5.98. The Bertz CT molecular complexity index is 929. The van der Waals surface area contributed by atoms with E-state index in [9.17, 15) is 18.8 Å². The summed E-state index contributed by atoms with van der Waals surface area (Å²) in [7, 11) is 0. The second kappa shape index (κ2) is 7.78.